The van der Waals surface area contributed by atoms with E-state index < -0.39 is 23.1 Å². The van der Waals surface area contributed by atoms with E-state index in [1.54, 1.807) is 23.9 Å². The first kappa shape index (κ1) is 33.6. The van der Waals surface area contributed by atoms with Crippen molar-refractivity contribution >= 4 is 16.9 Å². The molecule has 1 saturated heterocycles. The first-order valence-corrected chi connectivity index (χ1v) is 17.4. The van der Waals surface area contributed by atoms with Crippen molar-refractivity contribution in [3.05, 3.63) is 110 Å². The van der Waals surface area contributed by atoms with Crippen LogP contribution < -0.4 is 16.6 Å². The van der Waals surface area contributed by atoms with Crippen molar-refractivity contribution in [3.8, 4) is 16.8 Å². The molecule has 2 fully saturated rings. The molecule has 2 aliphatic rings. The van der Waals surface area contributed by atoms with Gasteiger partial charge in [-0.3, -0.25) is 23.7 Å². The Morgan fingerprint density at radius 2 is 1.70 bits per heavy atom. The van der Waals surface area contributed by atoms with E-state index in [-0.39, 0.29) is 29.6 Å². The fourth-order valence-electron chi connectivity index (χ4n) is 7.36. The summed E-state index contributed by atoms with van der Waals surface area (Å²) in [5.41, 5.74) is 3.80. The van der Waals surface area contributed by atoms with E-state index in [4.69, 9.17) is 0 Å². The Kier molecular flexibility index (Phi) is 9.48. The van der Waals surface area contributed by atoms with Crippen molar-refractivity contribution in [2.24, 2.45) is 13.0 Å². The van der Waals surface area contributed by atoms with Gasteiger partial charge in [0, 0.05) is 38.0 Å². The van der Waals surface area contributed by atoms with Crippen LogP contribution in [0.3, 0.4) is 0 Å². The van der Waals surface area contributed by atoms with Crippen LogP contribution in [0.4, 0.5) is 4.39 Å². The lowest BCUT2D eigenvalue weighted by atomic mass is 9.90. The Bertz CT molecular complexity index is 2120. The molecule has 1 saturated carbocycles. The smallest absolute Gasteiger partial charge is 0.337 e. The number of carbonyl (C=O) groups excluding carboxylic acids is 1. The molecule has 0 unspecified atom stereocenters. The Morgan fingerprint density at radius 1 is 0.960 bits per heavy atom. The van der Waals surface area contributed by atoms with Crippen LogP contribution in [0.15, 0.2) is 76.4 Å². The maximum absolute atomic E-state index is 14.5. The summed E-state index contributed by atoms with van der Waals surface area (Å²) in [6.45, 7) is 4.93. The SMILES string of the molecule is Cc1cc(C(=O)NC2CCC(n3c(=O)c4cc(F)cnc4n(-c4cccc(-c5ccc(CN6CCC(CO)CC6)cc5)c4)c3=O)CC2)nn1C. The molecule has 7 rings (SSSR count). The van der Waals surface area contributed by atoms with Crippen LogP contribution >= 0.6 is 0 Å². The molecule has 0 spiro atoms. The Labute approximate surface area is 289 Å². The number of likely N-dealkylation sites (tertiary alicyclic amines) is 1. The van der Waals surface area contributed by atoms with Gasteiger partial charge in [0.2, 0.25) is 0 Å². The monoisotopic (exact) mass is 679 g/mol. The summed E-state index contributed by atoms with van der Waals surface area (Å²) in [6.07, 6.45) is 5.16. The standard InChI is InChI=1S/C38H42FN7O4/c1-24-18-34(42-43(24)2)36(48)41-30-10-12-31(13-11-30)46-37(49)33-20-29(39)21-40-35(33)45(38(46)50)32-5-3-4-28(19-32)27-8-6-25(7-9-27)22-44-16-14-26(23-47)15-17-44/h3-9,18-21,26,30-31,47H,10-17,22-23H2,1-2H3,(H,41,48). The average molecular weight is 680 g/mol. The van der Waals surface area contributed by atoms with E-state index in [2.05, 4.69) is 44.6 Å². The van der Waals surface area contributed by atoms with Gasteiger partial charge in [-0.2, -0.15) is 5.10 Å². The molecule has 50 heavy (non-hydrogen) atoms. The van der Waals surface area contributed by atoms with Crippen LogP contribution in [-0.4, -0.2) is 65.6 Å². The molecule has 3 aromatic heterocycles. The number of rotatable bonds is 8. The molecule has 12 heteroatoms. The lowest BCUT2D eigenvalue weighted by molar-refractivity contribution is 0.0916. The highest BCUT2D eigenvalue weighted by Crippen LogP contribution is 2.29. The van der Waals surface area contributed by atoms with Crippen LogP contribution in [0.5, 0.6) is 0 Å². The van der Waals surface area contributed by atoms with Crippen molar-refractivity contribution < 1.29 is 14.3 Å². The summed E-state index contributed by atoms with van der Waals surface area (Å²) in [4.78, 5) is 47.5. The van der Waals surface area contributed by atoms with Crippen LogP contribution in [0.25, 0.3) is 27.8 Å². The number of aromatic nitrogens is 5. The minimum Gasteiger partial charge on any atom is -0.396 e. The largest absolute Gasteiger partial charge is 0.396 e. The highest BCUT2D eigenvalue weighted by atomic mass is 19.1. The quantitative estimate of drug-likeness (QED) is 0.247. The Hall–Kier alpha value is -4.94. The molecule has 260 valence electrons. The summed E-state index contributed by atoms with van der Waals surface area (Å²) in [7, 11) is 1.78. The number of benzene rings is 2. The molecule has 0 radical (unpaired) electrons. The Morgan fingerprint density at radius 3 is 2.38 bits per heavy atom. The van der Waals surface area contributed by atoms with Crippen molar-refractivity contribution in [1.82, 2.24) is 34.1 Å². The first-order valence-electron chi connectivity index (χ1n) is 17.4. The van der Waals surface area contributed by atoms with Crippen LogP contribution in [0.2, 0.25) is 0 Å². The van der Waals surface area contributed by atoms with Gasteiger partial charge < -0.3 is 10.4 Å². The van der Waals surface area contributed by atoms with Crippen LogP contribution in [0.1, 0.15) is 66.3 Å². The number of aliphatic hydroxyl groups is 1. The maximum atomic E-state index is 14.5. The molecule has 2 aromatic carbocycles. The zero-order valence-electron chi connectivity index (χ0n) is 28.4. The molecule has 5 aromatic rings. The molecule has 11 nitrogen and oxygen atoms in total. The zero-order chi connectivity index (χ0) is 34.9. The molecule has 0 atom stereocenters. The molecular formula is C38H42FN7O4. The highest BCUT2D eigenvalue weighted by molar-refractivity contribution is 5.92. The second-order valence-corrected chi connectivity index (χ2v) is 13.7. The number of nitrogens with one attached hydrogen (secondary N) is 1. The fraction of sp³-hybridized carbons (Fsp3) is 0.395. The number of halogens is 1. The minimum absolute atomic E-state index is 0.0309. The second kappa shape index (κ2) is 14.1. The van der Waals surface area contributed by atoms with E-state index in [1.165, 1.54) is 14.7 Å². The van der Waals surface area contributed by atoms with E-state index in [0.29, 0.717) is 43.0 Å². The number of hydrogen-bond donors (Lipinski definition) is 2. The van der Waals surface area contributed by atoms with E-state index in [9.17, 15) is 23.9 Å². The zero-order valence-corrected chi connectivity index (χ0v) is 28.4. The minimum atomic E-state index is -0.658. The van der Waals surface area contributed by atoms with Gasteiger partial charge in [0.1, 0.15) is 11.5 Å². The summed E-state index contributed by atoms with van der Waals surface area (Å²) >= 11 is 0. The lowest BCUT2D eigenvalue weighted by Gasteiger charge is -2.31. The van der Waals surface area contributed by atoms with Crippen LogP contribution in [-0.2, 0) is 13.6 Å². The molecule has 0 bridgehead atoms. The summed E-state index contributed by atoms with van der Waals surface area (Å²) in [6, 6.07) is 18.2. The van der Waals surface area contributed by atoms with Crippen molar-refractivity contribution in [1.29, 1.82) is 0 Å². The Balaban J connectivity index is 1.14. The van der Waals surface area contributed by atoms with Crippen molar-refractivity contribution in [3.63, 3.8) is 0 Å². The fourth-order valence-corrected chi connectivity index (χ4v) is 7.36. The summed E-state index contributed by atoms with van der Waals surface area (Å²) in [5, 5.41) is 16.8. The average Bonchev–Trinajstić information content (AvgIpc) is 3.47. The third-order valence-electron chi connectivity index (χ3n) is 10.4. The van der Waals surface area contributed by atoms with Crippen molar-refractivity contribution in [2.45, 2.75) is 64.1 Å². The molecule has 1 amide bonds. The van der Waals surface area contributed by atoms with Crippen molar-refractivity contribution in [2.75, 3.05) is 19.7 Å². The van der Waals surface area contributed by atoms with E-state index in [1.807, 2.05) is 25.1 Å². The topological polar surface area (TPSA) is 127 Å². The van der Waals surface area contributed by atoms with E-state index in [0.717, 1.165) is 61.6 Å². The number of pyridine rings is 1. The third kappa shape index (κ3) is 6.77. The second-order valence-electron chi connectivity index (χ2n) is 13.7. The third-order valence-corrected chi connectivity index (χ3v) is 10.4. The van der Waals surface area contributed by atoms with Gasteiger partial charge in [0.05, 0.1) is 17.3 Å². The molecule has 1 aliphatic heterocycles. The number of carbonyl (C=O) groups is 1. The number of hydrogen-bond acceptors (Lipinski definition) is 7. The van der Waals surface area contributed by atoms with Gasteiger partial charge in [0.25, 0.3) is 11.5 Å². The number of fused-ring (bicyclic) bond motifs is 1. The van der Waals surface area contributed by atoms with Gasteiger partial charge >= 0.3 is 5.69 Å². The van der Waals surface area contributed by atoms with Crippen LogP contribution in [0, 0.1) is 18.7 Å². The molecule has 2 N–H and O–H groups in total. The molecule has 4 heterocycles. The maximum Gasteiger partial charge on any atom is 0.337 e. The number of aryl methyl sites for hydroxylation is 2. The van der Waals surface area contributed by atoms with Gasteiger partial charge in [-0.05, 0) is 105 Å². The van der Waals surface area contributed by atoms with Gasteiger partial charge in [-0.15, -0.1) is 0 Å². The number of amides is 1. The molecule has 1 aliphatic carbocycles. The lowest BCUT2D eigenvalue weighted by Crippen LogP contribution is -2.45. The first-order chi connectivity index (χ1) is 24.2. The van der Waals surface area contributed by atoms with Gasteiger partial charge in [-0.1, -0.05) is 36.4 Å². The van der Waals surface area contributed by atoms with Gasteiger partial charge in [-0.25, -0.2) is 18.7 Å². The highest BCUT2D eigenvalue weighted by Gasteiger charge is 2.29. The summed E-state index contributed by atoms with van der Waals surface area (Å²) < 4.78 is 18.8. The number of aliphatic hydroxyl groups excluding tert-OH is 1. The normalized spacial score (nSPS) is 18.8. The predicted molar refractivity (Wildman–Crippen MR) is 189 cm³/mol. The summed E-state index contributed by atoms with van der Waals surface area (Å²) in [5.74, 6) is -0.512. The number of nitrogens with zero attached hydrogens (tertiary/aromatic N) is 6. The van der Waals surface area contributed by atoms with E-state index >= 15 is 0 Å². The predicted octanol–water partition coefficient (Wildman–Crippen LogP) is 4.51. The van der Waals surface area contributed by atoms with Gasteiger partial charge in [0.15, 0.2) is 5.65 Å². The number of piperidine rings is 1. The molecular weight excluding hydrogens is 637 g/mol.